The van der Waals surface area contributed by atoms with Gasteiger partial charge >= 0.3 is 0 Å². The first kappa shape index (κ1) is 13.7. The topological polar surface area (TPSA) is 21.3 Å². The quantitative estimate of drug-likeness (QED) is 0.899. The zero-order valence-electron chi connectivity index (χ0n) is 11.4. The third-order valence-corrected chi connectivity index (χ3v) is 3.86. The molecule has 2 nitrogen and oxygen atoms in total. The molecule has 0 aromatic heterocycles. The molecular formula is C15H22ClNO. The summed E-state index contributed by atoms with van der Waals surface area (Å²) >= 11 is 5.98. The molecular weight excluding hydrogens is 246 g/mol. The van der Waals surface area contributed by atoms with Crippen LogP contribution in [0.2, 0.25) is 5.02 Å². The van der Waals surface area contributed by atoms with Crippen LogP contribution in [0.3, 0.4) is 0 Å². The first-order chi connectivity index (χ1) is 8.58. The van der Waals surface area contributed by atoms with E-state index >= 15 is 0 Å². The van der Waals surface area contributed by atoms with Gasteiger partial charge in [-0.1, -0.05) is 25.4 Å². The normalized spacial score (nSPS) is 21.3. The minimum absolute atomic E-state index is 0.278. The van der Waals surface area contributed by atoms with Crippen LogP contribution < -0.4 is 10.1 Å². The van der Waals surface area contributed by atoms with E-state index in [4.69, 9.17) is 16.3 Å². The number of hydrogen-bond donors (Lipinski definition) is 1. The van der Waals surface area contributed by atoms with Gasteiger partial charge in [0.25, 0.3) is 0 Å². The average molecular weight is 268 g/mol. The van der Waals surface area contributed by atoms with Crippen molar-refractivity contribution in [2.45, 2.75) is 33.3 Å². The average Bonchev–Trinajstić information content (AvgIpc) is 2.80. The Bertz CT molecular complexity index is 399. The molecule has 1 aromatic rings. The third-order valence-electron chi connectivity index (χ3n) is 3.62. The fourth-order valence-electron chi connectivity index (χ4n) is 2.63. The van der Waals surface area contributed by atoms with E-state index in [0.29, 0.717) is 11.8 Å². The highest BCUT2D eigenvalue weighted by molar-refractivity contribution is 6.30. The summed E-state index contributed by atoms with van der Waals surface area (Å²) in [6, 6.07) is 5.84. The van der Waals surface area contributed by atoms with Crippen LogP contribution >= 0.6 is 11.6 Å². The Labute approximate surface area is 115 Å². The molecule has 1 aliphatic heterocycles. The molecule has 2 atom stereocenters. The molecule has 0 amide bonds. The maximum absolute atomic E-state index is 6.25. The monoisotopic (exact) mass is 267 g/mol. The van der Waals surface area contributed by atoms with Crippen molar-refractivity contribution in [2.75, 3.05) is 13.1 Å². The number of hydrogen-bond acceptors (Lipinski definition) is 2. The summed E-state index contributed by atoms with van der Waals surface area (Å²) in [6.07, 6.45) is 1.48. The summed E-state index contributed by atoms with van der Waals surface area (Å²) in [5.74, 6) is 2.09. The number of benzene rings is 1. The van der Waals surface area contributed by atoms with Gasteiger partial charge in [0.05, 0.1) is 0 Å². The van der Waals surface area contributed by atoms with Crippen LogP contribution in [0.5, 0.6) is 5.75 Å². The molecule has 0 bridgehead atoms. The van der Waals surface area contributed by atoms with Crippen molar-refractivity contribution in [3.63, 3.8) is 0 Å². The Morgan fingerprint density at radius 1 is 1.39 bits per heavy atom. The maximum Gasteiger partial charge on any atom is 0.122 e. The summed E-state index contributed by atoms with van der Waals surface area (Å²) in [5, 5.41) is 4.18. The van der Waals surface area contributed by atoms with Crippen molar-refractivity contribution in [2.24, 2.45) is 11.8 Å². The van der Waals surface area contributed by atoms with Gasteiger partial charge in [-0.15, -0.1) is 0 Å². The van der Waals surface area contributed by atoms with E-state index in [0.717, 1.165) is 29.4 Å². The lowest BCUT2D eigenvalue weighted by Crippen LogP contribution is -2.33. The molecule has 18 heavy (non-hydrogen) atoms. The van der Waals surface area contributed by atoms with Gasteiger partial charge in [0.15, 0.2) is 0 Å². The Hall–Kier alpha value is -0.730. The minimum Gasteiger partial charge on any atom is -0.490 e. The van der Waals surface area contributed by atoms with Crippen molar-refractivity contribution >= 4 is 11.6 Å². The van der Waals surface area contributed by atoms with Gasteiger partial charge in [-0.3, -0.25) is 0 Å². The smallest absolute Gasteiger partial charge is 0.122 e. The van der Waals surface area contributed by atoms with Crippen LogP contribution in [0.25, 0.3) is 0 Å². The van der Waals surface area contributed by atoms with Crippen LogP contribution in [-0.2, 0) is 0 Å². The van der Waals surface area contributed by atoms with E-state index in [2.05, 4.69) is 19.2 Å². The summed E-state index contributed by atoms with van der Waals surface area (Å²) in [7, 11) is 0. The third kappa shape index (κ3) is 3.18. The highest BCUT2D eigenvalue weighted by Crippen LogP contribution is 2.28. The minimum atomic E-state index is 0.278. The number of halogens is 1. The first-order valence-electron chi connectivity index (χ1n) is 6.71. The number of aryl methyl sites for hydroxylation is 1. The lowest BCUT2D eigenvalue weighted by molar-refractivity contribution is 0.0966. The molecule has 0 saturated carbocycles. The van der Waals surface area contributed by atoms with E-state index in [1.807, 2.05) is 25.1 Å². The lowest BCUT2D eigenvalue weighted by atomic mass is 9.92. The van der Waals surface area contributed by atoms with Crippen molar-refractivity contribution in [1.82, 2.24) is 5.32 Å². The second-order valence-corrected chi connectivity index (χ2v) is 5.93. The molecule has 1 aliphatic rings. The molecule has 0 spiro atoms. The molecule has 0 unspecified atom stereocenters. The maximum atomic E-state index is 6.25. The molecule has 1 heterocycles. The summed E-state index contributed by atoms with van der Waals surface area (Å²) < 4.78 is 6.25. The Morgan fingerprint density at radius 3 is 2.72 bits per heavy atom. The molecule has 0 radical (unpaired) electrons. The number of ether oxygens (including phenoxy) is 1. The second-order valence-electron chi connectivity index (χ2n) is 5.49. The van der Waals surface area contributed by atoms with Crippen LogP contribution in [-0.4, -0.2) is 19.2 Å². The molecule has 1 fully saturated rings. The van der Waals surface area contributed by atoms with Gasteiger partial charge < -0.3 is 10.1 Å². The van der Waals surface area contributed by atoms with Crippen LogP contribution in [0.4, 0.5) is 0 Å². The number of rotatable bonds is 4. The molecule has 1 saturated heterocycles. The SMILES string of the molecule is Cc1cc(Cl)ccc1O[C@@H](C(C)C)[C@H]1CCNC1. The van der Waals surface area contributed by atoms with Crippen molar-refractivity contribution in [1.29, 1.82) is 0 Å². The van der Waals surface area contributed by atoms with Crippen LogP contribution in [0, 0.1) is 18.8 Å². The second kappa shape index (κ2) is 5.94. The van der Waals surface area contributed by atoms with Gasteiger partial charge in [-0.2, -0.15) is 0 Å². The first-order valence-corrected chi connectivity index (χ1v) is 7.09. The van der Waals surface area contributed by atoms with Gasteiger partial charge in [-0.05, 0) is 49.6 Å². The predicted octanol–water partition coefficient (Wildman–Crippen LogP) is 3.66. The predicted molar refractivity (Wildman–Crippen MR) is 76.4 cm³/mol. The van der Waals surface area contributed by atoms with Gasteiger partial charge in [-0.25, -0.2) is 0 Å². The number of nitrogens with one attached hydrogen (secondary N) is 1. The van der Waals surface area contributed by atoms with E-state index < -0.39 is 0 Å². The van der Waals surface area contributed by atoms with Gasteiger partial charge in [0, 0.05) is 17.5 Å². The Morgan fingerprint density at radius 2 is 2.17 bits per heavy atom. The summed E-state index contributed by atoms with van der Waals surface area (Å²) in [6.45, 7) is 8.68. The van der Waals surface area contributed by atoms with Gasteiger partial charge in [0.1, 0.15) is 11.9 Å². The molecule has 1 aromatic carbocycles. The highest BCUT2D eigenvalue weighted by atomic mass is 35.5. The zero-order valence-corrected chi connectivity index (χ0v) is 12.1. The zero-order chi connectivity index (χ0) is 13.1. The molecule has 2 rings (SSSR count). The molecule has 0 aliphatic carbocycles. The van der Waals surface area contributed by atoms with Crippen molar-refractivity contribution < 1.29 is 4.74 Å². The van der Waals surface area contributed by atoms with E-state index in [-0.39, 0.29) is 6.10 Å². The fraction of sp³-hybridized carbons (Fsp3) is 0.600. The van der Waals surface area contributed by atoms with Crippen molar-refractivity contribution in [3.8, 4) is 5.75 Å². The van der Waals surface area contributed by atoms with Crippen LogP contribution in [0.15, 0.2) is 18.2 Å². The van der Waals surface area contributed by atoms with E-state index in [1.54, 1.807) is 0 Å². The largest absolute Gasteiger partial charge is 0.490 e. The molecule has 100 valence electrons. The summed E-state index contributed by atoms with van der Waals surface area (Å²) in [4.78, 5) is 0. The Kier molecular flexibility index (Phi) is 4.52. The van der Waals surface area contributed by atoms with E-state index in [1.165, 1.54) is 6.42 Å². The van der Waals surface area contributed by atoms with Crippen molar-refractivity contribution in [3.05, 3.63) is 28.8 Å². The van der Waals surface area contributed by atoms with Crippen LogP contribution in [0.1, 0.15) is 25.8 Å². The van der Waals surface area contributed by atoms with Gasteiger partial charge in [0.2, 0.25) is 0 Å². The molecule has 1 N–H and O–H groups in total. The molecule has 3 heteroatoms. The lowest BCUT2D eigenvalue weighted by Gasteiger charge is -2.28. The fourth-order valence-corrected chi connectivity index (χ4v) is 2.85. The Balaban J connectivity index is 2.12. The standard InChI is InChI=1S/C15H22ClNO/c1-10(2)15(12-6-7-17-9-12)18-14-5-4-13(16)8-11(14)3/h4-5,8,10,12,15,17H,6-7,9H2,1-3H3/t12-,15-/m0/s1. The highest BCUT2D eigenvalue weighted by Gasteiger charge is 2.29. The summed E-state index contributed by atoms with van der Waals surface area (Å²) in [5.41, 5.74) is 1.11. The van der Waals surface area contributed by atoms with E-state index in [9.17, 15) is 0 Å².